The van der Waals surface area contributed by atoms with Crippen molar-refractivity contribution >= 4 is 5.91 Å². The van der Waals surface area contributed by atoms with E-state index in [0.29, 0.717) is 49.8 Å². The molecule has 1 saturated heterocycles. The Labute approximate surface area is 136 Å². The third kappa shape index (κ3) is 3.68. The molecule has 1 amide bonds. The summed E-state index contributed by atoms with van der Waals surface area (Å²) in [5, 5.41) is 2.88. The van der Waals surface area contributed by atoms with Crippen molar-refractivity contribution in [1.82, 2.24) is 5.32 Å². The second-order valence-electron chi connectivity index (χ2n) is 5.44. The molecule has 1 aliphatic heterocycles. The quantitative estimate of drug-likeness (QED) is 0.805. The number of hydrogen-bond acceptors (Lipinski definition) is 6. The number of amides is 1. The van der Waals surface area contributed by atoms with Gasteiger partial charge in [0.05, 0.1) is 26.9 Å². The highest BCUT2D eigenvalue weighted by Crippen LogP contribution is 2.39. The Morgan fingerprint density at radius 3 is 2.39 bits per heavy atom. The van der Waals surface area contributed by atoms with Gasteiger partial charge in [-0.25, -0.2) is 0 Å². The minimum Gasteiger partial charge on any atom is -0.493 e. The van der Waals surface area contributed by atoms with Crippen LogP contribution < -0.4 is 25.3 Å². The Hall–Kier alpha value is -1.99. The van der Waals surface area contributed by atoms with Crippen LogP contribution in [0.1, 0.15) is 18.4 Å². The molecule has 0 aromatic heterocycles. The predicted octanol–water partition coefficient (Wildman–Crippen LogP) is 0.836. The van der Waals surface area contributed by atoms with Crippen molar-refractivity contribution in [3.8, 4) is 17.2 Å². The van der Waals surface area contributed by atoms with Crippen molar-refractivity contribution in [2.24, 2.45) is 5.73 Å². The predicted molar refractivity (Wildman–Crippen MR) is 84.9 cm³/mol. The minimum atomic E-state index is -0.873. The molecule has 0 atom stereocenters. The van der Waals surface area contributed by atoms with E-state index in [4.69, 9.17) is 24.7 Å². The largest absolute Gasteiger partial charge is 0.493 e. The van der Waals surface area contributed by atoms with Crippen LogP contribution in [0.5, 0.6) is 17.2 Å². The average Bonchev–Trinajstić information content (AvgIpc) is 2.59. The number of ether oxygens (including phenoxy) is 4. The number of methoxy groups -OCH3 is 3. The van der Waals surface area contributed by atoms with Gasteiger partial charge in [-0.1, -0.05) is 0 Å². The zero-order valence-electron chi connectivity index (χ0n) is 13.8. The van der Waals surface area contributed by atoms with Crippen LogP contribution in [-0.4, -0.2) is 46.0 Å². The van der Waals surface area contributed by atoms with Crippen molar-refractivity contribution in [1.29, 1.82) is 0 Å². The molecular weight excluding hydrogens is 300 g/mol. The van der Waals surface area contributed by atoms with Crippen molar-refractivity contribution in [2.75, 3.05) is 34.5 Å². The Balaban J connectivity index is 2.12. The Kier molecular flexibility index (Phi) is 5.68. The van der Waals surface area contributed by atoms with E-state index >= 15 is 0 Å². The summed E-state index contributed by atoms with van der Waals surface area (Å²) >= 11 is 0. The number of rotatable bonds is 6. The number of carbonyl (C=O) groups excluding carboxylic acids is 1. The molecule has 1 fully saturated rings. The van der Waals surface area contributed by atoms with Gasteiger partial charge < -0.3 is 30.0 Å². The number of nitrogens with two attached hydrogens (primary N) is 1. The van der Waals surface area contributed by atoms with Crippen LogP contribution in [0.4, 0.5) is 0 Å². The third-order valence-electron chi connectivity index (χ3n) is 4.06. The fraction of sp³-hybridized carbons (Fsp3) is 0.562. The summed E-state index contributed by atoms with van der Waals surface area (Å²) in [4.78, 5) is 12.4. The molecule has 0 unspecified atom stereocenters. The lowest BCUT2D eigenvalue weighted by atomic mass is 9.90. The van der Waals surface area contributed by atoms with E-state index in [1.807, 2.05) is 6.07 Å². The van der Waals surface area contributed by atoms with E-state index in [2.05, 4.69) is 5.32 Å². The first-order chi connectivity index (χ1) is 11.1. The molecule has 7 heteroatoms. The normalized spacial score (nSPS) is 16.5. The molecule has 23 heavy (non-hydrogen) atoms. The molecule has 3 N–H and O–H groups in total. The highest BCUT2D eigenvalue weighted by molar-refractivity contribution is 5.86. The topological polar surface area (TPSA) is 92.0 Å². The molecule has 2 rings (SSSR count). The highest BCUT2D eigenvalue weighted by atomic mass is 16.5. The van der Waals surface area contributed by atoms with Crippen LogP contribution in [0.25, 0.3) is 0 Å². The van der Waals surface area contributed by atoms with E-state index in [1.165, 1.54) is 0 Å². The van der Waals surface area contributed by atoms with E-state index in [-0.39, 0.29) is 5.91 Å². The number of carbonyl (C=O) groups is 1. The first-order valence-electron chi connectivity index (χ1n) is 7.48. The first-order valence-corrected chi connectivity index (χ1v) is 7.48. The average molecular weight is 324 g/mol. The maximum absolute atomic E-state index is 12.4. The van der Waals surface area contributed by atoms with Gasteiger partial charge in [0, 0.05) is 25.3 Å². The van der Waals surface area contributed by atoms with Gasteiger partial charge >= 0.3 is 0 Å². The molecule has 0 radical (unpaired) electrons. The van der Waals surface area contributed by atoms with Crippen molar-refractivity contribution in [3.05, 3.63) is 17.7 Å². The van der Waals surface area contributed by atoms with Gasteiger partial charge in [0.2, 0.25) is 11.7 Å². The zero-order valence-corrected chi connectivity index (χ0v) is 13.8. The summed E-state index contributed by atoms with van der Waals surface area (Å²) in [5.41, 5.74) is 6.08. The molecule has 0 bridgehead atoms. The van der Waals surface area contributed by atoms with Gasteiger partial charge in [-0.2, -0.15) is 0 Å². The van der Waals surface area contributed by atoms with Crippen LogP contribution in [0, 0.1) is 0 Å². The molecule has 1 aromatic carbocycles. The number of benzene rings is 1. The summed E-state index contributed by atoms with van der Waals surface area (Å²) in [6, 6.07) is 3.60. The van der Waals surface area contributed by atoms with Gasteiger partial charge in [0.15, 0.2) is 11.5 Å². The van der Waals surface area contributed by atoms with E-state index in [9.17, 15) is 4.79 Å². The van der Waals surface area contributed by atoms with Gasteiger partial charge in [-0.3, -0.25) is 4.79 Å². The van der Waals surface area contributed by atoms with Crippen molar-refractivity contribution in [2.45, 2.75) is 24.9 Å². The van der Waals surface area contributed by atoms with Gasteiger partial charge in [0.25, 0.3) is 0 Å². The van der Waals surface area contributed by atoms with Crippen LogP contribution in [0.3, 0.4) is 0 Å². The minimum absolute atomic E-state index is 0.183. The van der Waals surface area contributed by atoms with Crippen LogP contribution in [0.2, 0.25) is 0 Å². The van der Waals surface area contributed by atoms with Crippen molar-refractivity contribution < 1.29 is 23.7 Å². The summed E-state index contributed by atoms with van der Waals surface area (Å²) in [7, 11) is 4.65. The van der Waals surface area contributed by atoms with Crippen LogP contribution in [-0.2, 0) is 16.1 Å². The van der Waals surface area contributed by atoms with E-state index in [1.54, 1.807) is 27.4 Å². The fourth-order valence-electron chi connectivity index (χ4n) is 2.62. The van der Waals surface area contributed by atoms with Crippen LogP contribution >= 0.6 is 0 Å². The lowest BCUT2D eigenvalue weighted by Gasteiger charge is -2.31. The molecule has 0 spiro atoms. The molecule has 7 nitrogen and oxygen atoms in total. The molecule has 0 saturated carbocycles. The second kappa shape index (κ2) is 7.52. The SMILES string of the molecule is COc1ccc(CNC(=O)C2(N)CCOCC2)c(OC)c1OC. The van der Waals surface area contributed by atoms with Gasteiger partial charge in [-0.05, 0) is 25.0 Å². The number of nitrogens with one attached hydrogen (secondary N) is 1. The molecule has 0 aliphatic carbocycles. The third-order valence-corrected chi connectivity index (χ3v) is 4.06. The zero-order chi connectivity index (χ0) is 16.9. The molecule has 1 heterocycles. The van der Waals surface area contributed by atoms with Gasteiger partial charge in [0.1, 0.15) is 0 Å². The summed E-state index contributed by atoms with van der Waals surface area (Å²) in [5.74, 6) is 1.41. The lowest BCUT2D eigenvalue weighted by Crippen LogP contribution is -2.56. The van der Waals surface area contributed by atoms with E-state index < -0.39 is 5.54 Å². The number of hydrogen-bond donors (Lipinski definition) is 2. The maximum atomic E-state index is 12.4. The molecule has 1 aromatic rings. The van der Waals surface area contributed by atoms with Crippen LogP contribution in [0.15, 0.2) is 12.1 Å². The van der Waals surface area contributed by atoms with Gasteiger partial charge in [-0.15, -0.1) is 0 Å². The monoisotopic (exact) mass is 324 g/mol. The molecule has 1 aliphatic rings. The second-order valence-corrected chi connectivity index (χ2v) is 5.44. The smallest absolute Gasteiger partial charge is 0.240 e. The Bertz CT molecular complexity index is 556. The summed E-state index contributed by atoms with van der Waals surface area (Å²) < 4.78 is 21.2. The summed E-state index contributed by atoms with van der Waals surface area (Å²) in [6.07, 6.45) is 1.03. The van der Waals surface area contributed by atoms with Crippen molar-refractivity contribution in [3.63, 3.8) is 0 Å². The highest BCUT2D eigenvalue weighted by Gasteiger charge is 2.35. The van der Waals surface area contributed by atoms with E-state index in [0.717, 1.165) is 5.56 Å². The Morgan fingerprint density at radius 2 is 1.83 bits per heavy atom. The molecular formula is C16H24N2O5. The molecule has 128 valence electrons. The first kappa shape index (κ1) is 17.4. The lowest BCUT2D eigenvalue weighted by molar-refractivity contribution is -0.129. The fourth-order valence-corrected chi connectivity index (χ4v) is 2.62. The Morgan fingerprint density at radius 1 is 1.17 bits per heavy atom. The standard InChI is InChI=1S/C16H24N2O5/c1-20-12-5-4-11(13(21-2)14(12)22-3)10-18-15(19)16(17)6-8-23-9-7-16/h4-5H,6-10,17H2,1-3H3,(H,18,19). The summed E-state index contributed by atoms with van der Waals surface area (Å²) in [6.45, 7) is 1.30. The maximum Gasteiger partial charge on any atom is 0.240 e.